The van der Waals surface area contributed by atoms with Crippen molar-refractivity contribution in [2.75, 3.05) is 4.90 Å². The Labute approximate surface area is 190 Å². The summed E-state index contributed by atoms with van der Waals surface area (Å²) in [7, 11) is 0. The lowest BCUT2D eigenvalue weighted by Gasteiger charge is -2.28. The van der Waals surface area contributed by atoms with Crippen molar-refractivity contribution in [2.45, 2.75) is 52.4 Å². The SMILES string of the molecule is C=Cc1ccc(N(c2ccc(C(C)(C)C)cc2)c2ccc(C(C)(C)C)cc2)cc1Br. The van der Waals surface area contributed by atoms with Gasteiger partial charge in [-0.25, -0.2) is 0 Å². The molecule has 30 heavy (non-hydrogen) atoms. The van der Waals surface area contributed by atoms with Gasteiger partial charge in [-0.05, 0) is 63.9 Å². The topological polar surface area (TPSA) is 3.24 Å². The lowest BCUT2D eigenvalue weighted by molar-refractivity contribution is 0.590. The molecule has 0 bridgehead atoms. The summed E-state index contributed by atoms with van der Waals surface area (Å²) in [5, 5.41) is 0. The van der Waals surface area contributed by atoms with Crippen molar-refractivity contribution in [3.63, 3.8) is 0 Å². The van der Waals surface area contributed by atoms with Crippen LogP contribution in [0.5, 0.6) is 0 Å². The van der Waals surface area contributed by atoms with E-state index in [-0.39, 0.29) is 10.8 Å². The smallest absolute Gasteiger partial charge is 0.0473 e. The molecule has 1 nitrogen and oxygen atoms in total. The largest absolute Gasteiger partial charge is 0.310 e. The van der Waals surface area contributed by atoms with Crippen LogP contribution in [-0.4, -0.2) is 0 Å². The highest BCUT2D eigenvalue weighted by molar-refractivity contribution is 9.10. The molecule has 0 heterocycles. The quantitative estimate of drug-likeness (QED) is 0.374. The summed E-state index contributed by atoms with van der Waals surface area (Å²) in [6.07, 6.45) is 1.87. The number of hydrogen-bond acceptors (Lipinski definition) is 1. The Bertz CT molecular complexity index is 959. The molecule has 0 saturated heterocycles. The Morgan fingerprint density at radius 2 is 1.07 bits per heavy atom. The van der Waals surface area contributed by atoms with E-state index in [2.05, 4.69) is 136 Å². The Morgan fingerprint density at radius 3 is 1.40 bits per heavy atom. The van der Waals surface area contributed by atoms with E-state index in [1.807, 2.05) is 6.08 Å². The van der Waals surface area contributed by atoms with Gasteiger partial charge in [0.05, 0.1) is 0 Å². The number of hydrogen-bond donors (Lipinski definition) is 0. The van der Waals surface area contributed by atoms with Crippen LogP contribution in [0.2, 0.25) is 0 Å². The van der Waals surface area contributed by atoms with Crippen molar-refractivity contribution >= 4 is 39.1 Å². The maximum atomic E-state index is 3.90. The normalized spacial score (nSPS) is 12.0. The third-order valence-corrected chi connectivity index (χ3v) is 6.13. The highest BCUT2D eigenvalue weighted by Gasteiger charge is 2.18. The molecular weight excluding hydrogens is 430 g/mol. The van der Waals surface area contributed by atoms with Gasteiger partial charge in [0.15, 0.2) is 0 Å². The first kappa shape index (κ1) is 22.4. The minimum atomic E-state index is 0.131. The maximum Gasteiger partial charge on any atom is 0.0473 e. The van der Waals surface area contributed by atoms with Crippen LogP contribution in [0, 0.1) is 0 Å². The van der Waals surface area contributed by atoms with E-state index in [4.69, 9.17) is 0 Å². The zero-order chi connectivity index (χ0) is 22.1. The molecule has 0 fully saturated rings. The summed E-state index contributed by atoms with van der Waals surface area (Å²) in [5.74, 6) is 0. The molecule has 0 radical (unpaired) electrons. The third-order valence-electron chi connectivity index (χ3n) is 5.45. The summed E-state index contributed by atoms with van der Waals surface area (Å²) >= 11 is 3.70. The molecule has 0 spiro atoms. The van der Waals surface area contributed by atoms with E-state index in [0.717, 1.165) is 27.1 Å². The van der Waals surface area contributed by atoms with E-state index < -0.39 is 0 Å². The number of rotatable bonds is 4. The zero-order valence-corrected chi connectivity index (χ0v) is 20.5. The predicted octanol–water partition coefficient (Wildman–Crippen LogP) is 9.16. The average Bonchev–Trinajstić information content (AvgIpc) is 2.68. The van der Waals surface area contributed by atoms with Crippen molar-refractivity contribution in [1.29, 1.82) is 0 Å². The van der Waals surface area contributed by atoms with E-state index in [1.165, 1.54) is 11.1 Å². The number of anilines is 3. The van der Waals surface area contributed by atoms with Crippen LogP contribution in [0.3, 0.4) is 0 Å². The van der Waals surface area contributed by atoms with E-state index in [1.54, 1.807) is 0 Å². The van der Waals surface area contributed by atoms with Gasteiger partial charge < -0.3 is 4.90 Å². The van der Waals surface area contributed by atoms with Crippen LogP contribution in [0.1, 0.15) is 58.2 Å². The highest BCUT2D eigenvalue weighted by atomic mass is 79.9. The first-order valence-corrected chi connectivity index (χ1v) is 11.2. The van der Waals surface area contributed by atoms with Gasteiger partial charge in [0.1, 0.15) is 0 Å². The van der Waals surface area contributed by atoms with Crippen LogP contribution in [0.4, 0.5) is 17.1 Å². The second kappa shape index (κ2) is 8.43. The lowest BCUT2D eigenvalue weighted by Crippen LogP contribution is -2.14. The van der Waals surface area contributed by atoms with Crippen LogP contribution in [0.25, 0.3) is 6.08 Å². The van der Waals surface area contributed by atoms with Gasteiger partial charge in [-0.1, -0.05) is 100 Å². The van der Waals surface area contributed by atoms with Gasteiger partial charge >= 0.3 is 0 Å². The second-order valence-corrected chi connectivity index (χ2v) is 10.7. The molecular formula is C28H32BrN. The lowest BCUT2D eigenvalue weighted by atomic mass is 9.86. The first-order valence-electron chi connectivity index (χ1n) is 10.4. The van der Waals surface area contributed by atoms with Crippen molar-refractivity contribution in [2.24, 2.45) is 0 Å². The Kier molecular flexibility index (Phi) is 6.29. The fourth-order valence-corrected chi connectivity index (χ4v) is 4.02. The summed E-state index contributed by atoms with van der Waals surface area (Å²) in [6, 6.07) is 24.2. The summed E-state index contributed by atoms with van der Waals surface area (Å²) in [4.78, 5) is 2.30. The molecule has 0 aliphatic heterocycles. The number of halogens is 1. The summed E-state index contributed by atoms with van der Waals surface area (Å²) < 4.78 is 1.04. The summed E-state index contributed by atoms with van der Waals surface area (Å²) in [6.45, 7) is 17.4. The van der Waals surface area contributed by atoms with Crippen molar-refractivity contribution < 1.29 is 0 Å². The molecule has 0 amide bonds. The second-order valence-electron chi connectivity index (χ2n) is 9.84. The predicted molar refractivity (Wildman–Crippen MR) is 136 cm³/mol. The number of benzene rings is 3. The number of nitrogens with zero attached hydrogens (tertiary/aromatic N) is 1. The van der Waals surface area contributed by atoms with Crippen molar-refractivity contribution in [3.8, 4) is 0 Å². The molecule has 3 aromatic carbocycles. The molecule has 0 aromatic heterocycles. The molecule has 0 unspecified atom stereocenters. The molecule has 0 aliphatic carbocycles. The highest BCUT2D eigenvalue weighted by Crippen LogP contribution is 2.38. The fraction of sp³-hybridized carbons (Fsp3) is 0.286. The molecule has 0 saturated carbocycles. The zero-order valence-electron chi connectivity index (χ0n) is 19.0. The van der Waals surface area contributed by atoms with Crippen LogP contribution in [0.15, 0.2) is 77.8 Å². The third kappa shape index (κ3) is 4.87. The van der Waals surface area contributed by atoms with Gasteiger partial charge in [0.2, 0.25) is 0 Å². The Balaban J connectivity index is 2.11. The molecule has 3 aromatic rings. The maximum absolute atomic E-state index is 3.90. The monoisotopic (exact) mass is 461 g/mol. The van der Waals surface area contributed by atoms with E-state index in [0.29, 0.717) is 0 Å². The van der Waals surface area contributed by atoms with E-state index >= 15 is 0 Å². The minimum Gasteiger partial charge on any atom is -0.310 e. The van der Waals surface area contributed by atoms with Crippen LogP contribution >= 0.6 is 15.9 Å². The fourth-order valence-electron chi connectivity index (χ4n) is 3.49. The van der Waals surface area contributed by atoms with Crippen molar-refractivity contribution in [3.05, 3.63) is 94.5 Å². The first-order chi connectivity index (χ1) is 14.0. The standard InChI is InChI=1S/C28H32BrN/c1-8-20-9-14-25(19-26(20)29)30(23-15-10-21(11-16-23)27(2,3)4)24-17-12-22(13-18-24)28(5,6)7/h8-19H,1H2,2-7H3. The molecule has 0 N–H and O–H groups in total. The van der Waals surface area contributed by atoms with Gasteiger partial charge in [-0.2, -0.15) is 0 Å². The van der Waals surface area contributed by atoms with Gasteiger partial charge in [0, 0.05) is 21.5 Å². The molecule has 3 rings (SSSR count). The average molecular weight is 462 g/mol. The molecule has 156 valence electrons. The van der Waals surface area contributed by atoms with Crippen molar-refractivity contribution in [1.82, 2.24) is 0 Å². The molecule has 0 aliphatic rings. The van der Waals surface area contributed by atoms with Crippen LogP contribution in [-0.2, 0) is 10.8 Å². The Morgan fingerprint density at radius 1 is 0.667 bits per heavy atom. The Hall–Kier alpha value is -2.32. The van der Waals surface area contributed by atoms with Crippen LogP contribution < -0.4 is 4.90 Å². The van der Waals surface area contributed by atoms with Gasteiger partial charge in [-0.15, -0.1) is 0 Å². The molecule has 2 heteroatoms. The minimum absolute atomic E-state index is 0.131. The van der Waals surface area contributed by atoms with Gasteiger partial charge in [0.25, 0.3) is 0 Å². The van der Waals surface area contributed by atoms with E-state index in [9.17, 15) is 0 Å². The van der Waals surface area contributed by atoms with Gasteiger partial charge in [-0.3, -0.25) is 0 Å². The molecule has 0 atom stereocenters. The summed E-state index contributed by atoms with van der Waals surface area (Å²) in [5.41, 5.74) is 7.41.